The molecule has 0 radical (unpaired) electrons. The van der Waals surface area contributed by atoms with E-state index >= 15 is 0 Å². The molecule has 5 rings (SSSR count). The van der Waals surface area contributed by atoms with Crippen LogP contribution in [0.15, 0.2) is 79.1 Å². The van der Waals surface area contributed by atoms with E-state index < -0.39 is 11.6 Å². The van der Waals surface area contributed by atoms with E-state index in [0.717, 1.165) is 39.8 Å². The summed E-state index contributed by atoms with van der Waals surface area (Å²) >= 11 is 0. The third kappa shape index (κ3) is 5.06. The minimum Gasteiger partial charge on any atom is -0.508 e. The molecule has 3 aromatic carbocycles. The molecule has 0 saturated heterocycles. The highest BCUT2D eigenvalue weighted by atomic mass is 19.1. The lowest BCUT2D eigenvalue weighted by Gasteiger charge is -2.28. The first-order valence-corrected chi connectivity index (χ1v) is 11.6. The van der Waals surface area contributed by atoms with Crippen molar-refractivity contribution in [3.05, 3.63) is 119 Å². The van der Waals surface area contributed by atoms with Crippen LogP contribution in [0.4, 0.5) is 14.6 Å². The van der Waals surface area contributed by atoms with Crippen LogP contribution in [-0.2, 0) is 12.8 Å². The molecule has 6 heteroatoms. The molecule has 1 aliphatic carbocycles. The first kappa shape index (κ1) is 22.7. The average molecular weight is 470 g/mol. The number of hydrogen-bond donors (Lipinski definition) is 2. The van der Waals surface area contributed by atoms with Crippen LogP contribution in [0.25, 0.3) is 11.6 Å². The van der Waals surface area contributed by atoms with Gasteiger partial charge < -0.3 is 10.4 Å². The number of benzene rings is 3. The zero-order valence-corrected chi connectivity index (χ0v) is 19.2. The number of anilines is 1. The summed E-state index contributed by atoms with van der Waals surface area (Å²) in [4.78, 5) is 9.07. The lowest BCUT2D eigenvalue weighted by Crippen LogP contribution is -2.19. The van der Waals surface area contributed by atoms with E-state index in [-0.39, 0.29) is 17.7 Å². The van der Waals surface area contributed by atoms with E-state index in [1.807, 2.05) is 30.3 Å². The van der Waals surface area contributed by atoms with E-state index in [1.165, 1.54) is 12.1 Å². The summed E-state index contributed by atoms with van der Waals surface area (Å²) in [5.41, 5.74) is 5.45. The molecule has 2 N–H and O–H groups in total. The second-order valence-corrected chi connectivity index (χ2v) is 8.89. The van der Waals surface area contributed by atoms with Gasteiger partial charge in [-0.15, -0.1) is 0 Å². The average Bonchev–Trinajstić information content (AvgIpc) is 2.84. The van der Waals surface area contributed by atoms with Gasteiger partial charge in [-0.2, -0.15) is 0 Å². The van der Waals surface area contributed by atoms with Crippen molar-refractivity contribution in [2.24, 2.45) is 5.92 Å². The fourth-order valence-corrected chi connectivity index (χ4v) is 4.68. The van der Waals surface area contributed by atoms with Crippen LogP contribution in [-0.4, -0.2) is 15.1 Å². The number of rotatable bonds is 6. The van der Waals surface area contributed by atoms with Crippen LogP contribution in [0, 0.1) is 17.6 Å². The second kappa shape index (κ2) is 9.66. The van der Waals surface area contributed by atoms with E-state index in [4.69, 9.17) is 0 Å². The van der Waals surface area contributed by atoms with Crippen molar-refractivity contribution >= 4 is 17.5 Å². The Morgan fingerprint density at radius 3 is 2.40 bits per heavy atom. The number of aromatic nitrogens is 2. The minimum absolute atomic E-state index is 0.0358. The van der Waals surface area contributed by atoms with Gasteiger partial charge in [0, 0.05) is 17.7 Å². The highest BCUT2D eigenvalue weighted by Crippen LogP contribution is 2.39. The second-order valence-electron chi connectivity index (χ2n) is 8.89. The molecule has 1 aliphatic rings. The maximum atomic E-state index is 13.9. The molecule has 1 unspecified atom stereocenters. The van der Waals surface area contributed by atoms with Gasteiger partial charge in [-0.3, -0.25) is 0 Å². The Bertz CT molecular complexity index is 1350. The standard InChI is InChI=1S/C29H25F2N3O/c1-18(20-5-3-2-4-6-20)34-29-27-16-26(21-7-9-25(35)10-8-21)22(14-28(27)32-17-33-29)11-19-12-23(30)15-24(31)13-19/h2-10,12-13,15-18,22,35H,11,14H2,1H3,(H,32,33,34)/t18-,22?/m0/s1. The fraction of sp³-hybridized carbons (Fsp3) is 0.172. The maximum absolute atomic E-state index is 13.9. The van der Waals surface area contributed by atoms with E-state index in [1.54, 1.807) is 18.5 Å². The van der Waals surface area contributed by atoms with Crippen LogP contribution in [0.1, 0.15) is 40.9 Å². The third-order valence-corrected chi connectivity index (χ3v) is 6.40. The SMILES string of the molecule is C[C@H](Nc1ncnc2c1C=C(c1ccc(O)cc1)C(Cc1cc(F)cc(F)c1)C2)c1ccccc1. The molecule has 35 heavy (non-hydrogen) atoms. The van der Waals surface area contributed by atoms with E-state index in [9.17, 15) is 13.9 Å². The fourth-order valence-electron chi connectivity index (χ4n) is 4.68. The number of allylic oxidation sites excluding steroid dienone is 1. The molecule has 0 fully saturated rings. The molecule has 176 valence electrons. The summed E-state index contributed by atoms with van der Waals surface area (Å²) in [6.07, 6.45) is 4.66. The highest BCUT2D eigenvalue weighted by molar-refractivity contribution is 5.88. The summed E-state index contributed by atoms with van der Waals surface area (Å²) in [5.74, 6) is -0.317. The van der Waals surface area contributed by atoms with Crippen LogP contribution >= 0.6 is 0 Å². The number of nitrogens with one attached hydrogen (secondary N) is 1. The van der Waals surface area contributed by atoms with E-state index in [2.05, 4.69) is 40.4 Å². The Kier molecular flexibility index (Phi) is 6.27. The van der Waals surface area contributed by atoms with E-state index in [0.29, 0.717) is 18.4 Å². The number of aromatic hydroxyl groups is 1. The molecular weight excluding hydrogens is 444 g/mol. The van der Waals surface area contributed by atoms with Crippen molar-refractivity contribution in [2.45, 2.75) is 25.8 Å². The largest absolute Gasteiger partial charge is 0.508 e. The van der Waals surface area contributed by atoms with Crippen molar-refractivity contribution < 1.29 is 13.9 Å². The van der Waals surface area contributed by atoms with Gasteiger partial charge >= 0.3 is 0 Å². The zero-order valence-electron chi connectivity index (χ0n) is 19.2. The van der Waals surface area contributed by atoms with Gasteiger partial charge in [-0.05, 0) is 78.3 Å². The van der Waals surface area contributed by atoms with Crippen molar-refractivity contribution in [1.29, 1.82) is 0 Å². The first-order chi connectivity index (χ1) is 17.0. The van der Waals surface area contributed by atoms with Crippen LogP contribution in [0.2, 0.25) is 0 Å². The van der Waals surface area contributed by atoms with Crippen molar-refractivity contribution in [1.82, 2.24) is 9.97 Å². The van der Waals surface area contributed by atoms with Crippen LogP contribution in [0.3, 0.4) is 0 Å². The molecule has 4 nitrogen and oxygen atoms in total. The first-order valence-electron chi connectivity index (χ1n) is 11.6. The van der Waals surface area contributed by atoms with Gasteiger partial charge in [0.15, 0.2) is 0 Å². The Morgan fingerprint density at radius 2 is 1.69 bits per heavy atom. The molecular formula is C29H25F2N3O. The number of phenols is 1. The molecule has 0 aliphatic heterocycles. The number of phenolic OH excluding ortho intramolecular Hbond substituents is 1. The van der Waals surface area contributed by atoms with Gasteiger partial charge in [0.25, 0.3) is 0 Å². The Hall–Kier alpha value is -4.06. The molecule has 2 atom stereocenters. The number of fused-ring (bicyclic) bond motifs is 1. The van der Waals surface area contributed by atoms with Gasteiger partial charge in [0.2, 0.25) is 0 Å². The topological polar surface area (TPSA) is 58.0 Å². The summed E-state index contributed by atoms with van der Waals surface area (Å²) in [5, 5.41) is 13.3. The molecule has 0 spiro atoms. The van der Waals surface area contributed by atoms with Crippen molar-refractivity contribution in [2.75, 3.05) is 5.32 Å². The summed E-state index contributed by atoms with van der Waals surface area (Å²) in [6, 6.07) is 20.8. The maximum Gasteiger partial charge on any atom is 0.137 e. The Labute approximate surface area is 203 Å². The molecule has 0 saturated carbocycles. The van der Waals surface area contributed by atoms with Crippen LogP contribution < -0.4 is 5.32 Å². The van der Waals surface area contributed by atoms with Crippen molar-refractivity contribution in [3.63, 3.8) is 0 Å². The van der Waals surface area contributed by atoms with Gasteiger partial charge in [0.05, 0.1) is 5.69 Å². The number of halogens is 2. The summed E-state index contributed by atoms with van der Waals surface area (Å²) in [6.45, 7) is 2.08. The predicted molar refractivity (Wildman–Crippen MR) is 134 cm³/mol. The number of nitrogens with zero attached hydrogens (tertiary/aromatic N) is 2. The summed E-state index contributed by atoms with van der Waals surface area (Å²) in [7, 11) is 0. The number of hydrogen-bond acceptors (Lipinski definition) is 4. The zero-order chi connectivity index (χ0) is 24.4. The predicted octanol–water partition coefficient (Wildman–Crippen LogP) is 6.59. The van der Waals surface area contributed by atoms with Gasteiger partial charge in [-0.25, -0.2) is 18.7 Å². The minimum atomic E-state index is -0.588. The van der Waals surface area contributed by atoms with Crippen LogP contribution in [0.5, 0.6) is 5.75 Å². The molecule has 4 aromatic rings. The lowest BCUT2D eigenvalue weighted by atomic mass is 9.79. The quantitative estimate of drug-likeness (QED) is 0.335. The molecule has 0 bridgehead atoms. The lowest BCUT2D eigenvalue weighted by molar-refractivity contribution is 0.475. The third-order valence-electron chi connectivity index (χ3n) is 6.40. The summed E-state index contributed by atoms with van der Waals surface area (Å²) < 4.78 is 27.8. The molecule has 0 amide bonds. The monoisotopic (exact) mass is 469 g/mol. The molecule has 1 heterocycles. The van der Waals surface area contributed by atoms with Gasteiger partial charge in [0.1, 0.15) is 29.5 Å². The Morgan fingerprint density at radius 1 is 0.971 bits per heavy atom. The normalized spacial score (nSPS) is 15.7. The molecule has 1 aromatic heterocycles. The smallest absolute Gasteiger partial charge is 0.137 e. The highest BCUT2D eigenvalue weighted by Gasteiger charge is 2.27. The Balaban J connectivity index is 1.53. The van der Waals surface area contributed by atoms with Crippen molar-refractivity contribution in [3.8, 4) is 5.75 Å². The van der Waals surface area contributed by atoms with Gasteiger partial charge in [-0.1, -0.05) is 42.5 Å².